The van der Waals surface area contributed by atoms with Gasteiger partial charge < -0.3 is 0 Å². The summed E-state index contributed by atoms with van der Waals surface area (Å²) in [4.78, 5) is 11.8. The molecule has 0 bridgehead atoms. The van der Waals surface area contributed by atoms with E-state index < -0.39 is 0 Å². The van der Waals surface area contributed by atoms with Gasteiger partial charge in [-0.3, -0.25) is 4.79 Å². The van der Waals surface area contributed by atoms with Crippen LogP contribution in [0.1, 0.15) is 21.5 Å². The van der Waals surface area contributed by atoms with Gasteiger partial charge in [-0.1, -0.05) is 47.0 Å². The molecule has 2 aromatic rings. The first-order chi connectivity index (χ1) is 9.56. The highest BCUT2D eigenvalue weighted by Crippen LogP contribution is 2.21. The van der Waals surface area contributed by atoms with Crippen LogP contribution in [0.3, 0.4) is 0 Å². The normalized spacial score (nSPS) is 10.8. The van der Waals surface area contributed by atoms with E-state index in [2.05, 4.69) is 10.5 Å². The van der Waals surface area contributed by atoms with E-state index in [-0.39, 0.29) is 5.91 Å². The molecule has 0 atom stereocenters. The molecule has 0 fully saturated rings. The SMILES string of the molecule is Cc1ccc(C(=O)N/N=C\c2ccc(Cl)c(Cl)c2)cc1. The lowest BCUT2D eigenvalue weighted by Gasteiger charge is -2.00. The standard InChI is InChI=1S/C15H12Cl2N2O/c1-10-2-5-12(6-3-10)15(20)19-18-9-11-4-7-13(16)14(17)8-11/h2-9H,1H3,(H,19,20)/b18-9-. The number of hydrazone groups is 1. The predicted molar refractivity (Wildman–Crippen MR) is 82.7 cm³/mol. The molecule has 2 aromatic carbocycles. The van der Waals surface area contributed by atoms with Gasteiger partial charge in [-0.05, 0) is 36.8 Å². The molecular formula is C15H12Cl2N2O. The number of halogens is 2. The van der Waals surface area contributed by atoms with Crippen molar-refractivity contribution in [3.63, 3.8) is 0 Å². The van der Waals surface area contributed by atoms with Crippen molar-refractivity contribution in [2.75, 3.05) is 0 Å². The van der Waals surface area contributed by atoms with Gasteiger partial charge in [0, 0.05) is 5.56 Å². The monoisotopic (exact) mass is 306 g/mol. The van der Waals surface area contributed by atoms with E-state index in [1.54, 1.807) is 30.3 Å². The molecule has 0 aliphatic heterocycles. The highest BCUT2D eigenvalue weighted by Gasteiger charge is 2.02. The van der Waals surface area contributed by atoms with Crippen LogP contribution in [-0.4, -0.2) is 12.1 Å². The Morgan fingerprint density at radius 1 is 1.10 bits per heavy atom. The molecule has 0 spiro atoms. The Labute approximate surface area is 127 Å². The van der Waals surface area contributed by atoms with Crippen LogP contribution >= 0.6 is 23.2 Å². The minimum absolute atomic E-state index is 0.263. The third-order valence-corrected chi connectivity index (χ3v) is 3.38. The lowest BCUT2D eigenvalue weighted by atomic mass is 10.1. The molecule has 20 heavy (non-hydrogen) atoms. The molecule has 1 N–H and O–H groups in total. The number of nitrogens with zero attached hydrogens (tertiary/aromatic N) is 1. The van der Waals surface area contributed by atoms with Gasteiger partial charge in [-0.2, -0.15) is 5.10 Å². The molecule has 2 rings (SSSR count). The van der Waals surface area contributed by atoms with Gasteiger partial charge in [0.1, 0.15) is 0 Å². The average molecular weight is 307 g/mol. The van der Waals surface area contributed by atoms with Crippen LogP contribution in [-0.2, 0) is 0 Å². The minimum atomic E-state index is -0.263. The summed E-state index contributed by atoms with van der Waals surface area (Å²) in [6, 6.07) is 12.3. The summed E-state index contributed by atoms with van der Waals surface area (Å²) in [6.07, 6.45) is 1.51. The third-order valence-electron chi connectivity index (χ3n) is 2.64. The number of hydrogen-bond donors (Lipinski definition) is 1. The number of aryl methyl sites for hydroxylation is 1. The van der Waals surface area contributed by atoms with E-state index in [0.717, 1.165) is 11.1 Å². The minimum Gasteiger partial charge on any atom is -0.267 e. The summed E-state index contributed by atoms with van der Waals surface area (Å²) in [5.74, 6) is -0.263. The number of hydrogen-bond acceptors (Lipinski definition) is 2. The number of carbonyl (C=O) groups excluding carboxylic acids is 1. The fourth-order valence-electron chi connectivity index (χ4n) is 1.53. The summed E-state index contributed by atoms with van der Waals surface area (Å²) in [5, 5.41) is 4.81. The number of carbonyl (C=O) groups is 1. The quantitative estimate of drug-likeness (QED) is 0.674. The Morgan fingerprint density at radius 3 is 2.45 bits per heavy atom. The Morgan fingerprint density at radius 2 is 1.80 bits per heavy atom. The highest BCUT2D eigenvalue weighted by molar-refractivity contribution is 6.42. The van der Waals surface area contributed by atoms with E-state index in [0.29, 0.717) is 15.6 Å². The number of rotatable bonds is 3. The van der Waals surface area contributed by atoms with Crippen molar-refractivity contribution in [3.05, 3.63) is 69.2 Å². The van der Waals surface area contributed by atoms with Gasteiger partial charge in [0.25, 0.3) is 5.91 Å². The van der Waals surface area contributed by atoms with Crippen molar-refractivity contribution in [1.29, 1.82) is 0 Å². The second kappa shape index (κ2) is 6.55. The molecule has 3 nitrogen and oxygen atoms in total. The largest absolute Gasteiger partial charge is 0.271 e. The Hall–Kier alpha value is -1.84. The second-order valence-corrected chi connectivity index (χ2v) is 5.05. The zero-order valence-electron chi connectivity index (χ0n) is 10.7. The van der Waals surface area contributed by atoms with E-state index in [9.17, 15) is 4.79 Å². The summed E-state index contributed by atoms with van der Waals surface area (Å²) in [7, 11) is 0. The van der Waals surface area contributed by atoms with Crippen molar-refractivity contribution in [2.24, 2.45) is 5.10 Å². The zero-order valence-corrected chi connectivity index (χ0v) is 12.2. The maximum Gasteiger partial charge on any atom is 0.271 e. The first kappa shape index (κ1) is 14.6. The Bertz CT molecular complexity index is 651. The van der Waals surface area contributed by atoms with Crippen LogP contribution in [0.2, 0.25) is 10.0 Å². The van der Waals surface area contributed by atoms with E-state index in [1.165, 1.54) is 6.21 Å². The summed E-state index contributed by atoms with van der Waals surface area (Å²) in [5.41, 5.74) is 4.86. The molecule has 5 heteroatoms. The number of nitrogens with one attached hydrogen (secondary N) is 1. The van der Waals surface area contributed by atoms with E-state index in [4.69, 9.17) is 23.2 Å². The second-order valence-electron chi connectivity index (χ2n) is 4.24. The van der Waals surface area contributed by atoms with Crippen LogP contribution in [0.15, 0.2) is 47.6 Å². The van der Waals surface area contributed by atoms with E-state index >= 15 is 0 Å². The van der Waals surface area contributed by atoms with E-state index in [1.807, 2.05) is 19.1 Å². The van der Waals surface area contributed by atoms with Crippen molar-refractivity contribution >= 4 is 35.3 Å². The predicted octanol–water partition coefficient (Wildman–Crippen LogP) is 4.07. The topological polar surface area (TPSA) is 41.5 Å². The number of benzene rings is 2. The number of amides is 1. The zero-order chi connectivity index (χ0) is 14.5. The van der Waals surface area contributed by atoms with Gasteiger partial charge >= 0.3 is 0 Å². The van der Waals surface area contributed by atoms with Gasteiger partial charge in [0.15, 0.2) is 0 Å². The van der Waals surface area contributed by atoms with Crippen LogP contribution < -0.4 is 5.43 Å². The first-order valence-corrected chi connectivity index (χ1v) is 6.67. The fourth-order valence-corrected chi connectivity index (χ4v) is 1.83. The van der Waals surface area contributed by atoms with Gasteiger partial charge in [0.2, 0.25) is 0 Å². The molecule has 0 aliphatic rings. The molecule has 102 valence electrons. The lowest BCUT2D eigenvalue weighted by molar-refractivity contribution is 0.0955. The maximum absolute atomic E-state index is 11.8. The fraction of sp³-hybridized carbons (Fsp3) is 0.0667. The average Bonchev–Trinajstić information content (AvgIpc) is 2.43. The molecule has 0 saturated heterocycles. The summed E-state index contributed by atoms with van der Waals surface area (Å²) >= 11 is 11.7. The molecule has 0 heterocycles. The Kier molecular flexibility index (Phi) is 4.77. The van der Waals surface area contributed by atoms with Crippen LogP contribution in [0, 0.1) is 6.92 Å². The smallest absolute Gasteiger partial charge is 0.267 e. The highest BCUT2D eigenvalue weighted by atomic mass is 35.5. The van der Waals surface area contributed by atoms with Gasteiger partial charge in [-0.15, -0.1) is 0 Å². The molecule has 0 unspecified atom stereocenters. The Balaban J connectivity index is 2.00. The lowest BCUT2D eigenvalue weighted by Crippen LogP contribution is -2.17. The molecule has 0 aliphatic carbocycles. The van der Waals surface area contributed by atoms with Gasteiger partial charge in [-0.25, -0.2) is 5.43 Å². The van der Waals surface area contributed by atoms with Crippen LogP contribution in [0.25, 0.3) is 0 Å². The van der Waals surface area contributed by atoms with Crippen LogP contribution in [0.4, 0.5) is 0 Å². The molecule has 0 radical (unpaired) electrons. The summed E-state index contributed by atoms with van der Waals surface area (Å²) < 4.78 is 0. The van der Waals surface area contributed by atoms with Crippen molar-refractivity contribution in [3.8, 4) is 0 Å². The molecule has 0 aromatic heterocycles. The van der Waals surface area contributed by atoms with Crippen LogP contribution in [0.5, 0.6) is 0 Å². The van der Waals surface area contributed by atoms with Gasteiger partial charge in [0.05, 0.1) is 16.3 Å². The maximum atomic E-state index is 11.8. The summed E-state index contributed by atoms with van der Waals surface area (Å²) in [6.45, 7) is 1.96. The molecular weight excluding hydrogens is 295 g/mol. The first-order valence-electron chi connectivity index (χ1n) is 5.91. The molecule has 1 amide bonds. The van der Waals surface area contributed by atoms with Crippen molar-refractivity contribution in [2.45, 2.75) is 6.92 Å². The van der Waals surface area contributed by atoms with Crippen molar-refractivity contribution in [1.82, 2.24) is 5.43 Å². The third kappa shape index (κ3) is 3.83. The molecule has 0 saturated carbocycles. The van der Waals surface area contributed by atoms with Crippen molar-refractivity contribution < 1.29 is 4.79 Å².